The first-order chi connectivity index (χ1) is 9.80. The van der Waals surface area contributed by atoms with Crippen LogP contribution in [0.25, 0.3) is 0 Å². The van der Waals surface area contributed by atoms with E-state index in [1.54, 1.807) is 0 Å². The Bertz CT molecular complexity index is 449. The molecule has 0 aliphatic heterocycles. The van der Waals surface area contributed by atoms with Gasteiger partial charge < -0.3 is 10.6 Å². The molecule has 1 fully saturated rings. The molecule has 3 atom stereocenters. The third-order valence-electron chi connectivity index (χ3n) is 5.82. The fourth-order valence-electron chi connectivity index (χ4n) is 3.71. The van der Waals surface area contributed by atoms with Crippen molar-refractivity contribution in [2.45, 2.75) is 53.1 Å². The Kier molecular flexibility index (Phi) is 5.11. The van der Waals surface area contributed by atoms with Crippen molar-refractivity contribution < 1.29 is 0 Å². The standard InChI is InChI=1S/C19H32N2/c1-14-6-8-16(9-7-14)12-21(5)13-17-10-11-18(20)15(2)19(17,3)4/h6-9,15,17-18H,10-13,20H2,1-5H3. The average Bonchev–Trinajstić information content (AvgIpc) is 2.43. The summed E-state index contributed by atoms with van der Waals surface area (Å²) in [7, 11) is 2.25. The van der Waals surface area contributed by atoms with Crippen LogP contribution in [0.1, 0.15) is 44.7 Å². The van der Waals surface area contributed by atoms with E-state index in [4.69, 9.17) is 5.73 Å². The Morgan fingerprint density at radius 1 is 1.19 bits per heavy atom. The van der Waals surface area contributed by atoms with Crippen molar-refractivity contribution in [1.29, 1.82) is 0 Å². The summed E-state index contributed by atoms with van der Waals surface area (Å²) < 4.78 is 0. The Labute approximate surface area is 130 Å². The number of rotatable bonds is 4. The lowest BCUT2D eigenvalue weighted by Crippen LogP contribution is -2.49. The molecule has 0 saturated heterocycles. The lowest BCUT2D eigenvalue weighted by atomic mass is 9.61. The molecule has 0 radical (unpaired) electrons. The minimum atomic E-state index is 0.333. The molecule has 1 aromatic rings. The fourth-order valence-corrected chi connectivity index (χ4v) is 3.71. The van der Waals surface area contributed by atoms with Crippen LogP contribution in [0, 0.1) is 24.2 Å². The van der Waals surface area contributed by atoms with Gasteiger partial charge in [-0.2, -0.15) is 0 Å². The van der Waals surface area contributed by atoms with Crippen LogP contribution in [0.5, 0.6) is 0 Å². The zero-order chi connectivity index (χ0) is 15.6. The molecule has 2 nitrogen and oxygen atoms in total. The summed E-state index contributed by atoms with van der Waals surface area (Å²) in [4.78, 5) is 2.47. The highest BCUT2D eigenvalue weighted by atomic mass is 15.1. The fraction of sp³-hybridized carbons (Fsp3) is 0.684. The van der Waals surface area contributed by atoms with E-state index < -0.39 is 0 Å². The second-order valence-electron chi connectivity index (χ2n) is 7.73. The number of hydrogen-bond donors (Lipinski definition) is 1. The van der Waals surface area contributed by atoms with Gasteiger partial charge >= 0.3 is 0 Å². The van der Waals surface area contributed by atoms with Crippen molar-refractivity contribution in [2.75, 3.05) is 13.6 Å². The Hall–Kier alpha value is -0.860. The Morgan fingerprint density at radius 3 is 2.43 bits per heavy atom. The summed E-state index contributed by atoms with van der Waals surface area (Å²) in [5.41, 5.74) is 9.34. The second kappa shape index (κ2) is 6.50. The number of aryl methyl sites for hydroxylation is 1. The maximum atomic E-state index is 6.27. The number of nitrogens with two attached hydrogens (primary N) is 1. The van der Waals surface area contributed by atoms with Gasteiger partial charge in [-0.25, -0.2) is 0 Å². The number of hydrogen-bond acceptors (Lipinski definition) is 2. The predicted molar refractivity (Wildman–Crippen MR) is 91.2 cm³/mol. The Balaban J connectivity index is 1.95. The van der Waals surface area contributed by atoms with Crippen LogP contribution < -0.4 is 5.73 Å². The van der Waals surface area contributed by atoms with Crippen LogP contribution in [0.4, 0.5) is 0 Å². The molecule has 2 heteroatoms. The molecule has 1 aliphatic carbocycles. The van der Waals surface area contributed by atoms with Gasteiger partial charge in [0.2, 0.25) is 0 Å². The quantitative estimate of drug-likeness (QED) is 0.912. The first-order valence-electron chi connectivity index (χ1n) is 8.30. The summed E-state index contributed by atoms with van der Waals surface area (Å²) in [5, 5.41) is 0. The third-order valence-corrected chi connectivity index (χ3v) is 5.82. The molecular weight excluding hydrogens is 256 g/mol. The van der Waals surface area contributed by atoms with Crippen molar-refractivity contribution in [2.24, 2.45) is 23.0 Å². The monoisotopic (exact) mass is 288 g/mol. The van der Waals surface area contributed by atoms with Crippen molar-refractivity contribution in [3.63, 3.8) is 0 Å². The normalized spacial score (nSPS) is 28.8. The Morgan fingerprint density at radius 2 is 1.81 bits per heavy atom. The van der Waals surface area contributed by atoms with Crippen molar-refractivity contribution in [1.82, 2.24) is 4.90 Å². The SMILES string of the molecule is Cc1ccc(CN(C)CC2CCC(N)C(C)C2(C)C)cc1. The first kappa shape index (κ1) is 16.5. The van der Waals surface area contributed by atoms with E-state index in [2.05, 4.69) is 63.9 Å². The highest BCUT2D eigenvalue weighted by Crippen LogP contribution is 2.44. The summed E-state index contributed by atoms with van der Waals surface area (Å²) >= 11 is 0. The van der Waals surface area contributed by atoms with E-state index in [0.717, 1.165) is 19.0 Å². The van der Waals surface area contributed by atoms with E-state index in [1.165, 1.54) is 24.0 Å². The number of benzene rings is 1. The largest absolute Gasteiger partial charge is 0.327 e. The zero-order valence-corrected chi connectivity index (χ0v) is 14.4. The smallest absolute Gasteiger partial charge is 0.0230 e. The molecule has 0 aromatic heterocycles. The molecule has 2 N–H and O–H groups in total. The highest BCUT2D eigenvalue weighted by Gasteiger charge is 2.41. The van der Waals surface area contributed by atoms with Crippen LogP contribution in [0.15, 0.2) is 24.3 Å². The molecule has 1 saturated carbocycles. The molecule has 3 unspecified atom stereocenters. The minimum Gasteiger partial charge on any atom is -0.327 e. The van der Waals surface area contributed by atoms with Crippen LogP contribution in [0.2, 0.25) is 0 Å². The topological polar surface area (TPSA) is 29.3 Å². The van der Waals surface area contributed by atoms with Gasteiger partial charge in [0.15, 0.2) is 0 Å². The van der Waals surface area contributed by atoms with Gasteiger partial charge in [-0.3, -0.25) is 0 Å². The van der Waals surface area contributed by atoms with Crippen LogP contribution in [0.3, 0.4) is 0 Å². The minimum absolute atomic E-state index is 0.333. The molecule has 2 rings (SSSR count). The van der Waals surface area contributed by atoms with Gasteiger partial charge in [0.05, 0.1) is 0 Å². The molecule has 0 spiro atoms. The average molecular weight is 288 g/mol. The number of nitrogens with zero attached hydrogens (tertiary/aromatic N) is 1. The molecule has 118 valence electrons. The summed E-state index contributed by atoms with van der Waals surface area (Å²) in [6.07, 6.45) is 2.43. The van der Waals surface area contributed by atoms with E-state index in [-0.39, 0.29) is 0 Å². The summed E-state index contributed by atoms with van der Waals surface area (Å²) in [6.45, 7) is 11.5. The molecule has 0 amide bonds. The van der Waals surface area contributed by atoms with Crippen molar-refractivity contribution >= 4 is 0 Å². The van der Waals surface area contributed by atoms with Crippen molar-refractivity contribution in [3.8, 4) is 0 Å². The van der Waals surface area contributed by atoms with Crippen molar-refractivity contribution in [3.05, 3.63) is 35.4 Å². The van der Waals surface area contributed by atoms with Crippen LogP contribution in [-0.2, 0) is 6.54 Å². The third kappa shape index (κ3) is 3.87. The molecule has 0 heterocycles. The zero-order valence-electron chi connectivity index (χ0n) is 14.4. The lowest BCUT2D eigenvalue weighted by molar-refractivity contribution is 0.0324. The molecular formula is C19H32N2. The van der Waals surface area contributed by atoms with Gasteiger partial charge in [-0.15, -0.1) is 0 Å². The lowest BCUT2D eigenvalue weighted by Gasteiger charge is -2.48. The van der Waals surface area contributed by atoms with Gasteiger partial charge in [-0.1, -0.05) is 50.6 Å². The van der Waals surface area contributed by atoms with Crippen LogP contribution in [-0.4, -0.2) is 24.5 Å². The van der Waals surface area contributed by atoms with E-state index in [1.807, 2.05) is 0 Å². The molecule has 1 aromatic carbocycles. The van der Waals surface area contributed by atoms with Gasteiger partial charge in [0.25, 0.3) is 0 Å². The second-order valence-corrected chi connectivity index (χ2v) is 7.73. The molecule has 0 bridgehead atoms. The molecule has 1 aliphatic rings. The van der Waals surface area contributed by atoms with Gasteiger partial charge in [0, 0.05) is 19.1 Å². The maximum absolute atomic E-state index is 6.27. The van der Waals surface area contributed by atoms with E-state index in [0.29, 0.717) is 17.4 Å². The first-order valence-corrected chi connectivity index (χ1v) is 8.30. The predicted octanol–water partition coefficient (Wildman–Crippen LogP) is 3.83. The summed E-state index contributed by atoms with van der Waals surface area (Å²) in [6, 6.07) is 9.27. The van der Waals surface area contributed by atoms with Crippen LogP contribution >= 0.6 is 0 Å². The van der Waals surface area contributed by atoms with E-state index >= 15 is 0 Å². The highest BCUT2D eigenvalue weighted by molar-refractivity contribution is 5.21. The maximum Gasteiger partial charge on any atom is 0.0230 e. The van der Waals surface area contributed by atoms with Gasteiger partial charge in [-0.05, 0) is 49.6 Å². The summed E-state index contributed by atoms with van der Waals surface area (Å²) in [5.74, 6) is 1.34. The van der Waals surface area contributed by atoms with E-state index in [9.17, 15) is 0 Å². The molecule has 21 heavy (non-hydrogen) atoms. The van der Waals surface area contributed by atoms with Gasteiger partial charge in [0.1, 0.15) is 0 Å².